The maximum Gasteiger partial charge on any atom is 0.254 e. The Morgan fingerprint density at radius 2 is 2.00 bits per heavy atom. The molecule has 0 spiro atoms. The fraction of sp³-hybridized carbons (Fsp3) is 0.333. The molecular formula is C15H19N5O. The van der Waals surface area contributed by atoms with Gasteiger partial charge in [-0.1, -0.05) is 19.4 Å². The smallest absolute Gasteiger partial charge is 0.254 e. The van der Waals surface area contributed by atoms with Gasteiger partial charge in [0.1, 0.15) is 0 Å². The van der Waals surface area contributed by atoms with Crippen LogP contribution in [-0.4, -0.2) is 27.4 Å². The van der Waals surface area contributed by atoms with E-state index in [2.05, 4.69) is 32.5 Å². The number of aromatic nitrogens is 3. The quantitative estimate of drug-likeness (QED) is 0.761. The van der Waals surface area contributed by atoms with Crippen LogP contribution in [0.15, 0.2) is 36.8 Å². The van der Waals surface area contributed by atoms with Crippen molar-refractivity contribution in [1.29, 1.82) is 0 Å². The molecule has 0 unspecified atom stereocenters. The molecule has 0 saturated carbocycles. The van der Waals surface area contributed by atoms with Crippen molar-refractivity contribution in [2.45, 2.75) is 26.3 Å². The molecule has 2 N–H and O–H groups in total. The maximum absolute atomic E-state index is 11.8. The maximum atomic E-state index is 11.8. The van der Waals surface area contributed by atoms with E-state index in [0.717, 1.165) is 18.5 Å². The van der Waals surface area contributed by atoms with Crippen LogP contribution in [0.1, 0.15) is 35.8 Å². The number of nitrogens with one attached hydrogen (secondary N) is 2. The van der Waals surface area contributed by atoms with E-state index in [1.165, 1.54) is 12.4 Å². The minimum atomic E-state index is -0.139. The summed E-state index contributed by atoms with van der Waals surface area (Å²) in [6.45, 7) is 3.30. The molecule has 1 amide bonds. The molecule has 0 aliphatic carbocycles. The number of carbonyl (C=O) groups is 1. The summed E-state index contributed by atoms with van der Waals surface area (Å²) in [5.74, 6) is 0.338. The summed E-state index contributed by atoms with van der Waals surface area (Å²) < 4.78 is 0. The van der Waals surface area contributed by atoms with Crippen molar-refractivity contribution >= 4 is 11.9 Å². The number of hydrogen-bond acceptors (Lipinski definition) is 5. The molecule has 6 heteroatoms. The van der Waals surface area contributed by atoms with Gasteiger partial charge in [0.05, 0.1) is 17.8 Å². The summed E-state index contributed by atoms with van der Waals surface area (Å²) in [5, 5.41) is 5.89. The van der Waals surface area contributed by atoms with Crippen LogP contribution in [-0.2, 0) is 6.54 Å². The van der Waals surface area contributed by atoms with Crippen LogP contribution in [0.25, 0.3) is 0 Å². The lowest BCUT2D eigenvalue weighted by Gasteiger charge is -2.06. The molecule has 0 radical (unpaired) electrons. The number of rotatable bonds is 7. The Morgan fingerprint density at radius 3 is 2.67 bits per heavy atom. The van der Waals surface area contributed by atoms with E-state index < -0.39 is 0 Å². The fourth-order valence-corrected chi connectivity index (χ4v) is 1.69. The summed E-state index contributed by atoms with van der Waals surface area (Å²) in [4.78, 5) is 24.3. The number of pyridine rings is 1. The Hall–Kier alpha value is -2.50. The van der Waals surface area contributed by atoms with Crippen LogP contribution >= 0.6 is 0 Å². The van der Waals surface area contributed by atoms with Gasteiger partial charge in [0.2, 0.25) is 5.95 Å². The first-order valence-electron chi connectivity index (χ1n) is 7.03. The van der Waals surface area contributed by atoms with Gasteiger partial charge in [-0.15, -0.1) is 0 Å². The highest BCUT2D eigenvalue weighted by molar-refractivity contribution is 5.93. The normalized spacial score (nSPS) is 10.1. The first-order valence-corrected chi connectivity index (χ1v) is 7.03. The fourth-order valence-electron chi connectivity index (χ4n) is 1.69. The van der Waals surface area contributed by atoms with Gasteiger partial charge < -0.3 is 10.6 Å². The molecule has 0 atom stereocenters. The van der Waals surface area contributed by atoms with Gasteiger partial charge in [0, 0.05) is 25.1 Å². The molecule has 110 valence electrons. The molecule has 2 aromatic heterocycles. The number of anilines is 1. The predicted octanol–water partition coefficient (Wildman–Crippen LogP) is 2.01. The Balaban J connectivity index is 1.85. The molecule has 0 saturated heterocycles. The summed E-state index contributed by atoms with van der Waals surface area (Å²) in [7, 11) is 0. The number of hydrogen-bond donors (Lipinski definition) is 2. The number of unbranched alkanes of at least 4 members (excludes halogenated alkanes) is 1. The predicted molar refractivity (Wildman–Crippen MR) is 80.8 cm³/mol. The molecule has 0 bridgehead atoms. The van der Waals surface area contributed by atoms with Gasteiger partial charge in [-0.05, 0) is 18.6 Å². The van der Waals surface area contributed by atoms with Crippen LogP contribution in [0.5, 0.6) is 0 Å². The Bertz CT molecular complexity index is 556. The summed E-state index contributed by atoms with van der Waals surface area (Å²) in [5.41, 5.74) is 1.37. The van der Waals surface area contributed by atoms with Crippen LogP contribution in [0.4, 0.5) is 5.95 Å². The number of carbonyl (C=O) groups excluding carboxylic acids is 1. The SMILES string of the molecule is CCCCNC(=O)c1cnc(NCc2ccccn2)nc1. The number of nitrogens with zero attached hydrogens (tertiary/aromatic N) is 3. The van der Waals surface area contributed by atoms with Crippen molar-refractivity contribution < 1.29 is 4.79 Å². The number of amides is 1. The second kappa shape index (κ2) is 7.94. The van der Waals surface area contributed by atoms with Crippen molar-refractivity contribution in [3.05, 3.63) is 48.0 Å². The minimum Gasteiger partial charge on any atom is -0.352 e. The van der Waals surface area contributed by atoms with Gasteiger partial charge in [0.25, 0.3) is 5.91 Å². The average Bonchev–Trinajstić information content (AvgIpc) is 2.54. The van der Waals surface area contributed by atoms with Crippen molar-refractivity contribution in [2.75, 3.05) is 11.9 Å². The standard InChI is InChI=1S/C15H19N5O/c1-2-3-7-17-14(21)12-9-18-15(19-10-12)20-11-13-6-4-5-8-16-13/h4-6,8-10H,2-3,7,11H2,1H3,(H,17,21)(H,18,19,20). The van der Waals surface area contributed by atoms with Gasteiger partial charge in [-0.2, -0.15) is 0 Å². The topological polar surface area (TPSA) is 79.8 Å². The largest absolute Gasteiger partial charge is 0.352 e. The van der Waals surface area contributed by atoms with Crippen molar-refractivity contribution in [3.63, 3.8) is 0 Å². The highest BCUT2D eigenvalue weighted by Crippen LogP contribution is 2.03. The first kappa shape index (κ1) is 14.9. The third kappa shape index (κ3) is 4.83. The lowest BCUT2D eigenvalue weighted by atomic mass is 10.3. The second-order valence-electron chi connectivity index (χ2n) is 4.58. The van der Waals surface area contributed by atoms with E-state index in [4.69, 9.17) is 0 Å². The Kier molecular flexibility index (Phi) is 5.63. The lowest BCUT2D eigenvalue weighted by Crippen LogP contribution is -2.24. The summed E-state index contributed by atoms with van der Waals surface area (Å²) in [6, 6.07) is 5.71. The summed E-state index contributed by atoms with van der Waals surface area (Å²) in [6.07, 6.45) is 6.80. The van der Waals surface area contributed by atoms with Gasteiger partial charge in [-0.25, -0.2) is 9.97 Å². The molecular weight excluding hydrogens is 266 g/mol. The molecule has 21 heavy (non-hydrogen) atoms. The average molecular weight is 285 g/mol. The zero-order valence-corrected chi connectivity index (χ0v) is 12.0. The van der Waals surface area contributed by atoms with Crippen LogP contribution in [0.2, 0.25) is 0 Å². The van der Waals surface area contributed by atoms with Crippen molar-refractivity contribution in [1.82, 2.24) is 20.3 Å². The monoisotopic (exact) mass is 285 g/mol. The van der Waals surface area contributed by atoms with E-state index in [-0.39, 0.29) is 5.91 Å². The minimum absolute atomic E-state index is 0.139. The second-order valence-corrected chi connectivity index (χ2v) is 4.58. The van der Waals surface area contributed by atoms with Crippen molar-refractivity contribution in [2.24, 2.45) is 0 Å². The van der Waals surface area contributed by atoms with Gasteiger partial charge in [-0.3, -0.25) is 9.78 Å². The lowest BCUT2D eigenvalue weighted by molar-refractivity contribution is 0.0952. The van der Waals surface area contributed by atoms with E-state index in [1.807, 2.05) is 18.2 Å². The third-order valence-electron chi connectivity index (χ3n) is 2.88. The van der Waals surface area contributed by atoms with Crippen LogP contribution < -0.4 is 10.6 Å². The third-order valence-corrected chi connectivity index (χ3v) is 2.88. The van der Waals surface area contributed by atoms with E-state index in [0.29, 0.717) is 24.6 Å². The highest BCUT2D eigenvalue weighted by Gasteiger charge is 2.06. The van der Waals surface area contributed by atoms with Gasteiger partial charge >= 0.3 is 0 Å². The van der Waals surface area contributed by atoms with Gasteiger partial charge in [0.15, 0.2) is 0 Å². The van der Waals surface area contributed by atoms with E-state index in [1.54, 1.807) is 6.20 Å². The first-order chi connectivity index (χ1) is 10.3. The molecule has 6 nitrogen and oxygen atoms in total. The zero-order valence-electron chi connectivity index (χ0n) is 12.0. The molecule has 2 heterocycles. The molecule has 2 rings (SSSR count). The van der Waals surface area contributed by atoms with E-state index >= 15 is 0 Å². The molecule has 2 aromatic rings. The Morgan fingerprint density at radius 1 is 1.19 bits per heavy atom. The highest BCUT2D eigenvalue weighted by atomic mass is 16.1. The molecule has 0 aromatic carbocycles. The zero-order chi connectivity index (χ0) is 14.9. The molecule has 0 aliphatic heterocycles. The Labute approximate surface area is 124 Å². The molecule has 0 fully saturated rings. The summed E-state index contributed by atoms with van der Waals surface area (Å²) >= 11 is 0. The molecule has 0 aliphatic rings. The van der Waals surface area contributed by atoms with Crippen LogP contribution in [0, 0.1) is 0 Å². The van der Waals surface area contributed by atoms with Crippen LogP contribution in [0.3, 0.4) is 0 Å². The van der Waals surface area contributed by atoms with Crippen molar-refractivity contribution in [3.8, 4) is 0 Å². The van der Waals surface area contributed by atoms with E-state index in [9.17, 15) is 4.79 Å².